The number of hydrogen-bond donors (Lipinski definition) is 3. The van der Waals surface area contributed by atoms with Gasteiger partial charge in [-0.25, -0.2) is 0 Å². The van der Waals surface area contributed by atoms with E-state index in [1.807, 2.05) is 0 Å². The van der Waals surface area contributed by atoms with Crippen molar-refractivity contribution in [3.05, 3.63) is 65.4 Å². The molecule has 2 aromatic rings. The SMILES string of the molecule is O=C1Nc2ccccc2C(=O)N/C1=C\c1ccc(O)cc1. The minimum atomic E-state index is -0.388. The molecular weight excluding hydrogens is 268 g/mol. The number of rotatable bonds is 1. The molecule has 0 saturated heterocycles. The molecule has 3 rings (SSSR count). The van der Waals surface area contributed by atoms with E-state index in [1.165, 1.54) is 12.1 Å². The lowest BCUT2D eigenvalue weighted by Crippen LogP contribution is -2.26. The van der Waals surface area contributed by atoms with Gasteiger partial charge in [-0.3, -0.25) is 9.59 Å². The highest BCUT2D eigenvalue weighted by Gasteiger charge is 2.22. The molecule has 0 spiro atoms. The number of carbonyl (C=O) groups is 2. The zero-order valence-electron chi connectivity index (χ0n) is 11.0. The quantitative estimate of drug-likeness (QED) is 0.700. The maximum absolute atomic E-state index is 12.2. The summed E-state index contributed by atoms with van der Waals surface area (Å²) in [6, 6.07) is 13.1. The van der Waals surface area contributed by atoms with Crippen molar-refractivity contribution in [2.75, 3.05) is 5.32 Å². The van der Waals surface area contributed by atoms with Gasteiger partial charge in [0, 0.05) is 0 Å². The predicted molar refractivity (Wildman–Crippen MR) is 78.6 cm³/mol. The molecule has 21 heavy (non-hydrogen) atoms. The number of anilines is 1. The number of benzene rings is 2. The number of aromatic hydroxyl groups is 1. The number of phenolic OH excluding ortho intramolecular Hbond substituents is 1. The second-order valence-electron chi connectivity index (χ2n) is 4.60. The lowest BCUT2D eigenvalue weighted by Gasteiger charge is -2.04. The van der Waals surface area contributed by atoms with Crippen molar-refractivity contribution in [3.63, 3.8) is 0 Å². The van der Waals surface area contributed by atoms with Crippen LogP contribution in [-0.4, -0.2) is 16.9 Å². The molecule has 5 heteroatoms. The fourth-order valence-corrected chi connectivity index (χ4v) is 2.07. The fraction of sp³-hybridized carbons (Fsp3) is 0. The Morgan fingerprint density at radius 2 is 1.57 bits per heavy atom. The Morgan fingerprint density at radius 3 is 2.33 bits per heavy atom. The third-order valence-electron chi connectivity index (χ3n) is 3.12. The first-order chi connectivity index (χ1) is 10.1. The standard InChI is InChI=1S/C16H12N2O3/c19-11-7-5-10(6-8-11)9-14-16(21)17-13-4-2-1-3-12(13)15(20)18-14/h1-9,19H,(H,17,21)(H,18,20)/b14-9-. The summed E-state index contributed by atoms with van der Waals surface area (Å²) in [5.41, 5.74) is 1.75. The Bertz CT molecular complexity index is 748. The van der Waals surface area contributed by atoms with Crippen LogP contribution in [-0.2, 0) is 4.79 Å². The molecule has 1 heterocycles. The van der Waals surface area contributed by atoms with Crippen molar-refractivity contribution >= 4 is 23.6 Å². The van der Waals surface area contributed by atoms with Crippen molar-refractivity contribution in [1.82, 2.24) is 5.32 Å². The lowest BCUT2D eigenvalue weighted by molar-refractivity contribution is -0.113. The Morgan fingerprint density at radius 1 is 0.857 bits per heavy atom. The summed E-state index contributed by atoms with van der Waals surface area (Å²) < 4.78 is 0. The van der Waals surface area contributed by atoms with Crippen LogP contribution in [0, 0.1) is 0 Å². The number of para-hydroxylation sites is 1. The van der Waals surface area contributed by atoms with Crippen LogP contribution in [0.3, 0.4) is 0 Å². The third-order valence-corrected chi connectivity index (χ3v) is 3.12. The minimum absolute atomic E-state index is 0.138. The van der Waals surface area contributed by atoms with Crippen LogP contribution < -0.4 is 10.6 Å². The maximum Gasteiger partial charge on any atom is 0.272 e. The maximum atomic E-state index is 12.2. The minimum Gasteiger partial charge on any atom is -0.508 e. The average Bonchev–Trinajstić information content (AvgIpc) is 2.59. The Labute approximate surface area is 120 Å². The van der Waals surface area contributed by atoms with E-state index in [-0.39, 0.29) is 23.3 Å². The van der Waals surface area contributed by atoms with E-state index in [0.717, 1.165) is 0 Å². The molecule has 0 bridgehead atoms. The smallest absolute Gasteiger partial charge is 0.272 e. The summed E-state index contributed by atoms with van der Waals surface area (Å²) in [5.74, 6) is -0.589. The van der Waals surface area contributed by atoms with Crippen molar-refractivity contribution in [2.45, 2.75) is 0 Å². The highest BCUT2D eigenvalue weighted by Crippen LogP contribution is 2.20. The number of amides is 2. The summed E-state index contributed by atoms with van der Waals surface area (Å²) in [6.45, 7) is 0. The Kier molecular flexibility index (Phi) is 3.16. The van der Waals surface area contributed by atoms with Crippen LogP contribution in [0.2, 0.25) is 0 Å². The Balaban J connectivity index is 1.97. The molecule has 1 aliphatic rings. The van der Waals surface area contributed by atoms with Gasteiger partial charge in [-0.1, -0.05) is 24.3 Å². The van der Waals surface area contributed by atoms with Gasteiger partial charge in [0.25, 0.3) is 11.8 Å². The van der Waals surface area contributed by atoms with E-state index in [1.54, 1.807) is 42.5 Å². The van der Waals surface area contributed by atoms with E-state index >= 15 is 0 Å². The van der Waals surface area contributed by atoms with Crippen LogP contribution >= 0.6 is 0 Å². The first-order valence-corrected chi connectivity index (χ1v) is 6.36. The van der Waals surface area contributed by atoms with Gasteiger partial charge in [0.1, 0.15) is 11.4 Å². The van der Waals surface area contributed by atoms with E-state index in [0.29, 0.717) is 16.8 Å². The number of carbonyl (C=O) groups excluding carboxylic acids is 2. The first kappa shape index (κ1) is 12.9. The van der Waals surface area contributed by atoms with Gasteiger partial charge in [-0.05, 0) is 35.9 Å². The van der Waals surface area contributed by atoms with Crippen molar-refractivity contribution in [2.24, 2.45) is 0 Å². The highest BCUT2D eigenvalue weighted by molar-refractivity contribution is 6.16. The molecular formula is C16H12N2O3. The molecule has 5 nitrogen and oxygen atoms in total. The molecule has 0 aliphatic carbocycles. The van der Waals surface area contributed by atoms with Crippen LogP contribution in [0.25, 0.3) is 6.08 Å². The topological polar surface area (TPSA) is 78.4 Å². The molecule has 0 aromatic heterocycles. The van der Waals surface area contributed by atoms with Gasteiger partial charge < -0.3 is 15.7 Å². The largest absolute Gasteiger partial charge is 0.508 e. The zero-order valence-corrected chi connectivity index (χ0v) is 11.0. The lowest BCUT2D eigenvalue weighted by atomic mass is 10.1. The third kappa shape index (κ3) is 2.62. The van der Waals surface area contributed by atoms with E-state index in [4.69, 9.17) is 0 Å². The number of phenols is 1. The summed E-state index contributed by atoms with van der Waals surface area (Å²) in [7, 11) is 0. The molecule has 3 N–H and O–H groups in total. The van der Waals surface area contributed by atoms with Gasteiger partial charge in [0.2, 0.25) is 0 Å². The fourth-order valence-electron chi connectivity index (χ4n) is 2.07. The van der Waals surface area contributed by atoms with Gasteiger partial charge in [-0.15, -0.1) is 0 Å². The van der Waals surface area contributed by atoms with Crippen molar-refractivity contribution < 1.29 is 14.7 Å². The van der Waals surface area contributed by atoms with Crippen molar-refractivity contribution in [1.29, 1.82) is 0 Å². The molecule has 0 atom stereocenters. The summed E-state index contributed by atoms with van der Waals surface area (Å²) in [5, 5.41) is 14.5. The molecule has 104 valence electrons. The number of nitrogens with one attached hydrogen (secondary N) is 2. The predicted octanol–water partition coefficient (Wildman–Crippen LogP) is 2.12. The van der Waals surface area contributed by atoms with Crippen LogP contribution in [0.1, 0.15) is 15.9 Å². The van der Waals surface area contributed by atoms with Gasteiger partial charge in [0.15, 0.2) is 0 Å². The molecule has 0 fully saturated rings. The summed E-state index contributed by atoms with van der Waals surface area (Å²) >= 11 is 0. The second-order valence-corrected chi connectivity index (χ2v) is 4.60. The molecule has 0 saturated carbocycles. The second kappa shape index (κ2) is 5.13. The monoisotopic (exact) mass is 280 g/mol. The number of fused-ring (bicyclic) bond motifs is 1. The van der Waals surface area contributed by atoms with Gasteiger partial charge in [0.05, 0.1) is 11.3 Å². The normalized spacial score (nSPS) is 15.9. The van der Waals surface area contributed by atoms with Gasteiger partial charge >= 0.3 is 0 Å². The van der Waals surface area contributed by atoms with E-state index in [9.17, 15) is 14.7 Å². The van der Waals surface area contributed by atoms with Crippen LogP contribution in [0.5, 0.6) is 5.75 Å². The highest BCUT2D eigenvalue weighted by atomic mass is 16.3. The summed E-state index contributed by atoms with van der Waals surface area (Å²) in [6.07, 6.45) is 1.55. The van der Waals surface area contributed by atoms with E-state index < -0.39 is 0 Å². The van der Waals surface area contributed by atoms with E-state index in [2.05, 4.69) is 10.6 Å². The molecule has 1 aliphatic heterocycles. The average molecular weight is 280 g/mol. The molecule has 0 radical (unpaired) electrons. The molecule has 2 aromatic carbocycles. The van der Waals surface area contributed by atoms with Crippen LogP contribution in [0.15, 0.2) is 54.2 Å². The first-order valence-electron chi connectivity index (χ1n) is 6.36. The van der Waals surface area contributed by atoms with Crippen molar-refractivity contribution in [3.8, 4) is 5.75 Å². The van der Waals surface area contributed by atoms with Gasteiger partial charge in [-0.2, -0.15) is 0 Å². The zero-order chi connectivity index (χ0) is 14.8. The Hall–Kier alpha value is -3.08. The van der Waals surface area contributed by atoms with Crippen LogP contribution in [0.4, 0.5) is 5.69 Å². The summed E-state index contributed by atoms with van der Waals surface area (Å²) in [4.78, 5) is 24.3. The molecule has 0 unspecified atom stereocenters. The molecule has 2 amide bonds. The number of hydrogen-bond acceptors (Lipinski definition) is 3.